The lowest BCUT2D eigenvalue weighted by Crippen LogP contribution is -1.96. The summed E-state index contributed by atoms with van der Waals surface area (Å²) in [5.41, 5.74) is 0. The third-order valence-electron chi connectivity index (χ3n) is 1.43. The minimum Gasteiger partial charge on any atom is -0.358 e. The molecule has 0 saturated heterocycles. The first-order valence-corrected chi connectivity index (χ1v) is 5.49. The number of hydrogen-bond donors (Lipinski definition) is 0. The molecule has 7 heteroatoms. The quantitative estimate of drug-likeness (QED) is 0.487. The fourth-order valence-electron chi connectivity index (χ4n) is 0.855. The zero-order valence-electron chi connectivity index (χ0n) is 6.61. The number of aryl methyl sites for hydroxylation is 1. The predicted molar refractivity (Wildman–Crippen MR) is 55.0 cm³/mol. The average Bonchev–Trinajstić information content (AvgIpc) is 2.44. The highest BCUT2D eigenvalue weighted by atomic mass is 79.9. The van der Waals surface area contributed by atoms with Crippen molar-refractivity contribution in [2.75, 3.05) is 5.33 Å². The lowest BCUT2D eigenvalue weighted by Gasteiger charge is -1.96. The molecule has 0 N–H and O–H groups in total. The Morgan fingerprint density at radius 3 is 2.85 bits per heavy atom. The number of halogens is 2. The first-order chi connectivity index (χ1) is 6.15. The molecular weight excluding hydrogens is 306 g/mol. The Morgan fingerprint density at radius 2 is 2.38 bits per heavy atom. The minimum absolute atomic E-state index is 0.124. The fourth-order valence-corrected chi connectivity index (χ4v) is 1.57. The molecule has 72 valence electrons. The van der Waals surface area contributed by atoms with E-state index in [1.165, 1.54) is 6.20 Å². The third-order valence-corrected chi connectivity index (χ3v) is 2.63. The van der Waals surface area contributed by atoms with E-state index in [1.807, 2.05) is 0 Å². The molecule has 0 unspecified atom stereocenters. The van der Waals surface area contributed by atoms with E-state index >= 15 is 0 Å². The average molecular weight is 313 g/mol. The van der Waals surface area contributed by atoms with Crippen molar-refractivity contribution in [1.82, 2.24) is 9.55 Å². The number of rotatable bonds is 4. The molecule has 0 spiro atoms. The molecule has 5 nitrogen and oxygen atoms in total. The normalized spacial score (nSPS) is 10.3. The highest BCUT2D eigenvalue weighted by Gasteiger charge is 2.15. The molecule has 0 aliphatic heterocycles. The fraction of sp³-hybridized carbons (Fsp3) is 0.500. The summed E-state index contributed by atoms with van der Waals surface area (Å²) in [7, 11) is 0. The van der Waals surface area contributed by atoms with E-state index in [0.717, 1.165) is 11.8 Å². The van der Waals surface area contributed by atoms with Crippen molar-refractivity contribution in [3.63, 3.8) is 0 Å². The summed E-state index contributed by atoms with van der Waals surface area (Å²) in [6.07, 6.45) is 2.33. The van der Waals surface area contributed by atoms with Crippen LogP contribution in [0.2, 0.25) is 0 Å². The van der Waals surface area contributed by atoms with Gasteiger partial charge in [0.25, 0.3) is 4.73 Å². The summed E-state index contributed by atoms with van der Waals surface area (Å²) in [4.78, 5) is 13.6. The SMILES string of the molecule is O=[N+]([O-])c1cn(CCCBr)c(Br)n1. The van der Waals surface area contributed by atoms with Gasteiger partial charge in [0.2, 0.25) is 0 Å². The van der Waals surface area contributed by atoms with Crippen LogP contribution in [0.5, 0.6) is 0 Å². The van der Waals surface area contributed by atoms with Gasteiger partial charge < -0.3 is 10.1 Å². The zero-order chi connectivity index (χ0) is 9.84. The molecule has 0 atom stereocenters. The van der Waals surface area contributed by atoms with Crippen molar-refractivity contribution in [3.8, 4) is 0 Å². The topological polar surface area (TPSA) is 61.0 Å². The molecule has 13 heavy (non-hydrogen) atoms. The Labute approximate surface area is 91.6 Å². The summed E-state index contributed by atoms with van der Waals surface area (Å²) in [6.45, 7) is 0.715. The van der Waals surface area contributed by atoms with Crippen LogP contribution in [0, 0.1) is 10.1 Å². The van der Waals surface area contributed by atoms with E-state index in [4.69, 9.17) is 0 Å². The summed E-state index contributed by atoms with van der Waals surface area (Å²) < 4.78 is 2.21. The van der Waals surface area contributed by atoms with Crippen LogP contribution >= 0.6 is 31.9 Å². The molecule has 1 rings (SSSR count). The summed E-state index contributed by atoms with van der Waals surface area (Å²) in [5.74, 6) is -0.124. The van der Waals surface area contributed by atoms with Gasteiger partial charge in [-0.3, -0.25) is 4.57 Å². The predicted octanol–water partition coefficient (Wildman–Crippen LogP) is 2.34. The minimum atomic E-state index is -0.505. The van der Waals surface area contributed by atoms with Gasteiger partial charge in [-0.2, -0.15) is 0 Å². The number of aromatic nitrogens is 2. The molecule has 1 aromatic rings. The van der Waals surface area contributed by atoms with Gasteiger partial charge in [-0.15, -0.1) is 0 Å². The van der Waals surface area contributed by atoms with Crippen LogP contribution in [0.4, 0.5) is 5.82 Å². The molecule has 0 radical (unpaired) electrons. The summed E-state index contributed by atoms with van der Waals surface area (Å²) in [6, 6.07) is 0. The van der Waals surface area contributed by atoms with Crippen molar-refractivity contribution in [3.05, 3.63) is 21.0 Å². The molecule has 0 aliphatic rings. The Hall–Kier alpha value is -0.430. The molecule has 1 aromatic heterocycles. The van der Waals surface area contributed by atoms with Gasteiger partial charge in [-0.25, -0.2) is 0 Å². The Kier molecular flexibility index (Phi) is 3.86. The zero-order valence-corrected chi connectivity index (χ0v) is 9.78. The van der Waals surface area contributed by atoms with Gasteiger partial charge in [-0.1, -0.05) is 15.9 Å². The van der Waals surface area contributed by atoms with Gasteiger partial charge in [0.15, 0.2) is 0 Å². The van der Waals surface area contributed by atoms with E-state index < -0.39 is 4.92 Å². The van der Waals surface area contributed by atoms with Crippen molar-refractivity contribution < 1.29 is 4.92 Å². The molecular formula is C6H7Br2N3O2. The number of alkyl halides is 1. The second kappa shape index (κ2) is 4.71. The Morgan fingerprint density at radius 1 is 1.69 bits per heavy atom. The van der Waals surface area contributed by atoms with Crippen LogP contribution in [0.25, 0.3) is 0 Å². The first kappa shape index (κ1) is 10.6. The van der Waals surface area contributed by atoms with E-state index in [1.54, 1.807) is 4.57 Å². The van der Waals surface area contributed by atoms with Gasteiger partial charge in [0, 0.05) is 27.8 Å². The molecule has 0 aromatic carbocycles. The summed E-state index contributed by atoms with van der Waals surface area (Å²) in [5, 5.41) is 11.2. The van der Waals surface area contributed by atoms with Crippen molar-refractivity contribution in [2.24, 2.45) is 0 Å². The third kappa shape index (κ3) is 2.77. The first-order valence-electron chi connectivity index (χ1n) is 3.58. The van der Waals surface area contributed by atoms with Crippen LogP contribution in [0.15, 0.2) is 10.9 Å². The maximum absolute atomic E-state index is 10.3. The van der Waals surface area contributed by atoms with Crippen LogP contribution in [-0.2, 0) is 6.54 Å². The molecule has 1 heterocycles. The largest absolute Gasteiger partial charge is 0.382 e. The molecule has 0 aliphatic carbocycles. The monoisotopic (exact) mass is 311 g/mol. The van der Waals surface area contributed by atoms with Crippen LogP contribution < -0.4 is 0 Å². The molecule has 0 bridgehead atoms. The highest BCUT2D eigenvalue weighted by Crippen LogP contribution is 2.16. The Balaban J connectivity index is 2.77. The lowest BCUT2D eigenvalue weighted by molar-refractivity contribution is -0.389. The van der Waals surface area contributed by atoms with Crippen molar-refractivity contribution in [2.45, 2.75) is 13.0 Å². The smallest absolute Gasteiger partial charge is 0.358 e. The number of nitrogens with zero attached hydrogens (tertiary/aromatic N) is 3. The van der Waals surface area contributed by atoms with Gasteiger partial charge in [0.05, 0.1) is 0 Å². The number of imidazole rings is 1. The maximum atomic E-state index is 10.3. The van der Waals surface area contributed by atoms with Gasteiger partial charge >= 0.3 is 5.82 Å². The second-order valence-corrected chi connectivity index (χ2v) is 3.86. The molecule has 0 amide bonds. The van der Waals surface area contributed by atoms with Crippen LogP contribution in [0.1, 0.15) is 6.42 Å². The van der Waals surface area contributed by atoms with Gasteiger partial charge in [0.1, 0.15) is 6.20 Å². The molecule has 0 fully saturated rings. The molecule has 0 saturated carbocycles. The number of hydrogen-bond acceptors (Lipinski definition) is 3. The highest BCUT2D eigenvalue weighted by molar-refractivity contribution is 9.10. The Bertz CT molecular complexity index is 313. The lowest BCUT2D eigenvalue weighted by atomic mass is 10.5. The standard InChI is InChI=1S/C6H7Br2N3O2/c7-2-1-3-10-4-5(11(12)13)9-6(10)8/h4H,1-3H2. The van der Waals surface area contributed by atoms with E-state index in [-0.39, 0.29) is 5.82 Å². The van der Waals surface area contributed by atoms with Crippen LogP contribution in [-0.4, -0.2) is 19.8 Å². The van der Waals surface area contributed by atoms with Crippen molar-refractivity contribution >= 4 is 37.7 Å². The number of nitro groups is 1. The van der Waals surface area contributed by atoms with E-state index in [0.29, 0.717) is 11.3 Å². The van der Waals surface area contributed by atoms with Crippen LogP contribution in [0.3, 0.4) is 0 Å². The second-order valence-electron chi connectivity index (χ2n) is 2.36. The van der Waals surface area contributed by atoms with E-state index in [2.05, 4.69) is 36.8 Å². The maximum Gasteiger partial charge on any atom is 0.382 e. The van der Waals surface area contributed by atoms with Gasteiger partial charge in [-0.05, 0) is 16.3 Å². The van der Waals surface area contributed by atoms with Crippen molar-refractivity contribution in [1.29, 1.82) is 0 Å². The summed E-state index contributed by atoms with van der Waals surface area (Å²) >= 11 is 6.43. The van der Waals surface area contributed by atoms with E-state index in [9.17, 15) is 10.1 Å².